The Hall–Kier alpha value is -2.68. The van der Waals surface area contributed by atoms with E-state index in [1.165, 1.54) is 0 Å². The van der Waals surface area contributed by atoms with Crippen molar-refractivity contribution in [2.24, 2.45) is 0 Å². The van der Waals surface area contributed by atoms with Crippen LogP contribution < -0.4 is 0 Å². The highest BCUT2D eigenvalue weighted by Gasteiger charge is 2.43. The van der Waals surface area contributed by atoms with E-state index in [9.17, 15) is 14.4 Å². The summed E-state index contributed by atoms with van der Waals surface area (Å²) in [6.45, 7) is 2.11. The first kappa shape index (κ1) is 13.7. The van der Waals surface area contributed by atoms with Crippen molar-refractivity contribution < 1.29 is 14.4 Å². The van der Waals surface area contributed by atoms with Gasteiger partial charge in [0.15, 0.2) is 0 Å². The topological polar surface area (TPSA) is 81.5 Å². The maximum absolute atomic E-state index is 12.0. The third-order valence-corrected chi connectivity index (χ3v) is 3.01. The van der Waals surface area contributed by atoms with Gasteiger partial charge in [-0.25, -0.2) is 4.79 Å². The Kier molecular flexibility index (Phi) is 3.80. The molecule has 1 aromatic rings. The summed E-state index contributed by atoms with van der Waals surface area (Å²) in [5.74, 6) is -1.57. The average Bonchev–Trinajstić information content (AvgIpc) is 2.66. The van der Waals surface area contributed by atoms with Crippen LogP contribution in [0.25, 0.3) is 0 Å². The molecule has 6 heteroatoms. The summed E-state index contributed by atoms with van der Waals surface area (Å²) in [7, 11) is 0. The molecule has 0 unspecified atom stereocenters. The van der Waals surface area contributed by atoms with Crippen molar-refractivity contribution in [3.8, 4) is 6.07 Å². The third-order valence-electron chi connectivity index (χ3n) is 3.01. The van der Waals surface area contributed by atoms with Gasteiger partial charge in [0.1, 0.15) is 0 Å². The quantitative estimate of drug-likeness (QED) is 0.609. The van der Waals surface area contributed by atoms with Gasteiger partial charge >= 0.3 is 17.8 Å². The van der Waals surface area contributed by atoms with Gasteiger partial charge in [0.25, 0.3) is 0 Å². The second kappa shape index (κ2) is 5.53. The third kappa shape index (κ3) is 2.38. The monoisotopic (exact) mass is 271 g/mol. The first-order valence-electron chi connectivity index (χ1n) is 6.24. The number of imide groups is 2. The van der Waals surface area contributed by atoms with E-state index in [1.807, 2.05) is 13.0 Å². The van der Waals surface area contributed by atoms with Crippen LogP contribution in [0.1, 0.15) is 24.5 Å². The molecule has 1 heterocycles. The fourth-order valence-corrected chi connectivity index (χ4v) is 1.98. The summed E-state index contributed by atoms with van der Waals surface area (Å²) >= 11 is 0. The molecular weight excluding hydrogens is 258 g/mol. The van der Waals surface area contributed by atoms with Crippen molar-refractivity contribution in [3.05, 3.63) is 35.4 Å². The summed E-state index contributed by atoms with van der Waals surface area (Å²) in [6, 6.07) is 7.93. The molecule has 0 radical (unpaired) electrons. The van der Waals surface area contributed by atoms with E-state index in [0.29, 0.717) is 17.5 Å². The van der Waals surface area contributed by atoms with Gasteiger partial charge in [-0.3, -0.25) is 19.4 Å². The second-order valence-corrected chi connectivity index (χ2v) is 4.44. The molecule has 0 spiro atoms. The first-order valence-corrected chi connectivity index (χ1v) is 6.24. The Bertz CT molecular complexity index is 601. The Morgan fingerprint density at radius 3 is 2.20 bits per heavy atom. The lowest BCUT2D eigenvalue weighted by atomic mass is 10.1. The molecule has 1 saturated heterocycles. The van der Waals surface area contributed by atoms with Crippen LogP contribution in [0.4, 0.5) is 4.79 Å². The highest BCUT2D eigenvalue weighted by molar-refractivity contribution is 6.44. The molecule has 0 atom stereocenters. The van der Waals surface area contributed by atoms with Gasteiger partial charge in [-0.2, -0.15) is 5.26 Å². The fourth-order valence-electron chi connectivity index (χ4n) is 1.98. The van der Waals surface area contributed by atoms with Crippen molar-refractivity contribution in [3.63, 3.8) is 0 Å². The highest BCUT2D eigenvalue weighted by atomic mass is 16.2. The van der Waals surface area contributed by atoms with Crippen LogP contribution in [-0.2, 0) is 16.1 Å². The number of nitriles is 1. The highest BCUT2D eigenvalue weighted by Crippen LogP contribution is 2.16. The van der Waals surface area contributed by atoms with Gasteiger partial charge in [-0.15, -0.1) is 0 Å². The smallest absolute Gasteiger partial charge is 0.263 e. The van der Waals surface area contributed by atoms with Gasteiger partial charge in [0.05, 0.1) is 18.2 Å². The maximum Gasteiger partial charge on any atom is 0.334 e. The van der Waals surface area contributed by atoms with E-state index in [1.54, 1.807) is 24.3 Å². The molecule has 1 aliphatic rings. The van der Waals surface area contributed by atoms with Gasteiger partial charge in [-0.05, 0) is 24.1 Å². The van der Waals surface area contributed by atoms with Crippen LogP contribution in [0.2, 0.25) is 0 Å². The maximum atomic E-state index is 12.0. The van der Waals surface area contributed by atoms with E-state index in [-0.39, 0.29) is 13.1 Å². The Balaban J connectivity index is 2.16. The lowest BCUT2D eigenvalue weighted by Gasteiger charge is -2.14. The summed E-state index contributed by atoms with van der Waals surface area (Å²) in [5, 5.41) is 8.71. The standard InChI is InChI=1S/C14H13N3O3/c1-2-7-16-12(18)13(19)17(14(16)20)9-11-5-3-10(8-15)4-6-11/h3-6H,2,7,9H2,1H3. The predicted octanol–water partition coefficient (Wildman–Crippen LogP) is 1.26. The Morgan fingerprint density at radius 1 is 1.05 bits per heavy atom. The number of rotatable bonds is 4. The zero-order chi connectivity index (χ0) is 14.7. The van der Waals surface area contributed by atoms with Crippen molar-refractivity contribution >= 4 is 17.8 Å². The zero-order valence-electron chi connectivity index (χ0n) is 11.0. The Labute approximate surface area is 116 Å². The van der Waals surface area contributed by atoms with Crippen LogP contribution in [0, 0.1) is 11.3 Å². The normalized spacial score (nSPS) is 14.9. The van der Waals surface area contributed by atoms with Crippen molar-refractivity contribution in [1.29, 1.82) is 5.26 Å². The molecule has 1 fully saturated rings. The number of hydrogen-bond donors (Lipinski definition) is 0. The molecule has 0 bridgehead atoms. The number of nitrogens with zero attached hydrogens (tertiary/aromatic N) is 3. The first-order chi connectivity index (χ1) is 9.58. The molecule has 20 heavy (non-hydrogen) atoms. The summed E-state index contributed by atoms with van der Waals surface area (Å²) in [6.07, 6.45) is 0.607. The molecule has 1 aromatic carbocycles. The fraction of sp³-hybridized carbons (Fsp3) is 0.286. The SMILES string of the molecule is CCCN1C(=O)C(=O)N(Cc2ccc(C#N)cc2)C1=O. The van der Waals surface area contributed by atoms with E-state index >= 15 is 0 Å². The molecule has 4 amide bonds. The van der Waals surface area contributed by atoms with Crippen LogP contribution in [0.15, 0.2) is 24.3 Å². The Morgan fingerprint density at radius 2 is 1.65 bits per heavy atom. The van der Waals surface area contributed by atoms with Gasteiger partial charge in [-0.1, -0.05) is 19.1 Å². The largest absolute Gasteiger partial charge is 0.334 e. The molecule has 1 aliphatic heterocycles. The number of carbonyl (C=O) groups is 3. The average molecular weight is 271 g/mol. The van der Waals surface area contributed by atoms with Gasteiger partial charge in [0.2, 0.25) is 0 Å². The number of carbonyl (C=O) groups excluding carboxylic acids is 3. The number of hydrogen-bond acceptors (Lipinski definition) is 4. The predicted molar refractivity (Wildman–Crippen MR) is 69.1 cm³/mol. The van der Waals surface area contributed by atoms with E-state index in [4.69, 9.17) is 5.26 Å². The van der Waals surface area contributed by atoms with Crippen LogP contribution in [0.5, 0.6) is 0 Å². The minimum absolute atomic E-state index is 0.0370. The summed E-state index contributed by atoms with van der Waals surface area (Å²) < 4.78 is 0. The van der Waals surface area contributed by atoms with E-state index < -0.39 is 17.8 Å². The van der Waals surface area contributed by atoms with E-state index in [0.717, 1.165) is 9.80 Å². The lowest BCUT2D eigenvalue weighted by Crippen LogP contribution is -2.33. The minimum Gasteiger partial charge on any atom is -0.263 e. The molecule has 0 aromatic heterocycles. The van der Waals surface area contributed by atoms with Crippen molar-refractivity contribution in [2.75, 3.05) is 6.54 Å². The summed E-state index contributed by atoms with van der Waals surface area (Å²) in [5.41, 5.74) is 1.19. The van der Waals surface area contributed by atoms with Crippen LogP contribution in [0.3, 0.4) is 0 Å². The number of amides is 4. The molecule has 2 rings (SSSR count). The van der Waals surface area contributed by atoms with Crippen molar-refractivity contribution in [2.45, 2.75) is 19.9 Å². The van der Waals surface area contributed by atoms with Gasteiger partial charge < -0.3 is 0 Å². The zero-order valence-corrected chi connectivity index (χ0v) is 11.0. The second-order valence-electron chi connectivity index (χ2n) is 4.44. The van der Waals surface area contributed by atoms with Crippen LogP contribution >= 0.6 is 0 Å². The molecule has 6 nitrogen and oxygen atoms in total. The molecule has 0 saturated carbocycles. The molecular formula is C14H13N3O3. The number of benzene rings is 1. The molecule has 0 aliphatic carbocycles. The molecule has 0 N–H and O–H groups in total. The van der Waals surface area contributed by atoms with Crippen LogP contribution in [-0.4, -0.2) is 34.2 Å². The number of urea groups is 1. The van der Waals surface area contributed by atoms with Crippen molar-refractivity contribution in [1.82, 2.24) is 9.80 Å². The van der Waals surface area contributed by atoms with E-state index in [2.05, 4.69) is 0 Å². The van der Waals surface area contributed by atoms with Gasteiger partial charge in [0, 0.05) is 6.54 Å². The lowest BCUT2D eigenvalue weighted by molar-refractivity contribution is -0.143. The minimum atomic E-state index is -0.798. The summed E-state index contributed by atoms with van der Waals surface area (Å²) in [4.78, 5) is 37.4. The molecule has 102 valence electrons.